The van der Waals surface area contributed by atoms with Crippen molar-refractivity contribution in [3.05, 3.63) is 44.9 Å². The zero-order valence-electron chi connectivity index (χ0n) is 9.40. The van der Waals surface area contributed by atoms with Crippen LogP contribution in [0.4, 0.5) is 5.69 Å². The molecule has 0 bridgehead atoms. The number of nitriles is 1. The molecule has 6 heteroatoms. The monoisotopic (exact) mass is 277 g/mol. The first-order chi connectivity index (χ1) is 8.60. The maximum Gasteiger partial charge on any atom is 0.267 e. The summed E-state index contributed by atoms with van der Waals surface area (Å²) in [5, 5.41) is 12.6. The molecule has 0 aliphatic rings. The molecule has 18 heavy (non-hydrogen) atoms. The van der Waals surface area contributed by atoms with Gasteiger partial charge in [0.05, 0.1) is 21.8 Å². The van der Waals surface area contributed by atoms with Crippen LogP contribution in [0.3, 0.4) is 0 Å². The van der Waals surface area contributed by atoms with E-state index >= 15 is 0 Å². The summed E-state index contributed by atoms with van der Waals surface area (Å²) in [6.07, 6.45) is 1.53. The van der Waals surface area contributed by atoms with Crippen molar-refractivity contribution in [2.75, 3.05) is 5.32 Å². The molecule has 0 spiro atoms. The summed E-state index contributed by atoms with van der Waals surface area (Å²) in [7, 11) is 0. The van der Waals surface area contributed by atoms with Gasteiger partial charge in [-0.25, -0.2) is 4.98 Å². The second kappa shape index (κ2) is 5.17. The summed E-state index contributed by atoms with van der Waals surface area (Å²) in [4.78, 5) is 16.4. The van der Waals surface area contributed by atoms with E-state index in [0.717, 1.165) is 5.01 Å². The lowest BCUT2D eigenvalue weighted by Gasteiger charge is -2.04. The number of anilines is 1. The summed E-state index contributed by atoms with van der Waals surface area (Å²) in [6, 6.07) is 6.71. The normalized spacial score (nSPS) is 9.83. The van der Waals surface area contributed by atoms with Crippen molar-refractivity contribution in [2.24, 2.45) is 0 Å². The summed E-state index contributed by atoms with van der Waals surface area (Å²) in [5.41, 5.74) is 0.929. The van der Waals surface area contributed by atoms with Crippen LogP contribution in [0.25, 0.3) is 0 Å². The predicted molar refractivity (Wildman–Crippen MR) is 71.0 cm³/mol. The van der Waals surface area contributed by atoms with Crippen LogP contribution in [0.1, 0.15) is 20.2 Å². The van der Waals surface area contributed by atoms with E-state index in [-0.39, 0.29) is 5.91 Å². The van der Waals surface area contributed by atoms with Crippen LogP contribution in [0.2, 0.25) is 5.02 Å². The van der Waals surface area contributed by atoms with Crippen molar-refractivity contribution in [3.8, 4) is 6.07 Å². The summed E-state index contributed by atoms with van der Waals surface area (Å²) in [5.74, 6) is -0.235. The number of aryl methyl sites for hydroxylation is 1. The molecule has 0 aliphatic heterocycles. The lowest BCUT2D eigenvalue weighted by Crippen LogP contribution is -2.10. The first-order valence-corrected chi connectivity index (χ1v) is 6.23. The third kappa shape index (κ3) is 2.67. The molecule has 0 saturated carbocycles. The minimum Gasteiger partial charge on any atom is -0.321 e. The Kier molecular flexibility index (Phi) is 3.60. The Morgan fingerprint density at radius 2 is 2.33 bits per heavy atom. The number of carbonyl (C=O) groups is 1. The highest BCUT2D eigenvalue weighted by molar-refractivity contribution is 7.13. The van der Waals surface area contributed by atoms with Gasteiger partial charge in [0.25, 0.3) is 5.91 Å². The zero-order chi connectivity index (χ0) is 13.1. The number of nitrogens with zero attached hydrogens (tertiary/aromatic N) is 2. The average Bonchev–Trinajstić information content (AvgIpc) is 2.76. The Morgan fingerprint density at radius 1 is 1.56 bits per heavy atom. The van der Waals surface area contributed by atoms with Crippen LogP contribution < -0.4 is 5.32 Å². The number of halogens is 1. The van der Waals surface area contributed by atoms with Gasteiger partial charge in [0.1, 0.15) is 10.9 Å². The summed E-state index contributed by atoms with van der Waals surface area (Å²) in [6.45, 7) is 1.83. The standard InChI is InChI=1S/C12H8ClN3OS/c1-7-15-6-11(18-7)12(17)16-9-3-2-8(5-14)10(13)4-9/h2-4,6H,1H3,(H,16,17). The molecular formula is C12H8ClN3OS. The fraction of sp³-hybridized carbons (Fsp3) is 0.0833. The Morgan fingerprint density at radius 3 is 2.89 bits per heavy atom. The molecule has 90 valence electrons. The van der Waals surface area contributed by atoms with Gasteiger partial charge in [0.2, 0.25) is 0 Å². The van der Waals surface area contributed by atoms with Crippen molar-refractivity contribution < 1.29 is 4.79 Å². The van der Waals surface area contributed by atoms with Crippen LogP contribution in [-0.2, 0) is 0 Å². The van der Waals surface area contributed by atoms with E-state index < -0.39 is 0 Å². The third-order valence-electron chi connectivity index (χ3n) is 2.19. The van der Waals surface area contributed by atoms with Gasteiger partial charge in [-0.1, -0.05) is 11.6 Å². The van der Waals surface area contributed by atoms with Gasteiger partial charge in [-0.2, -0.15) is 5.26 Å². The van der Waals surface area contributed by atoms with Crippen LogP contribution >= 0.6 is 22.9 Å². The lowest BCUT2D eigenvalue weighted by molar-refractivity contribution is 0.103. The molecule has 2 aromatic rings. The number of hydrogen-bond acceptors (Lipinski definition) is 4. The van der Waals surface area contributed by atoms with Crippen molar-refractivity contribution >= 4 is 34.5 Å². The van der Waals surface area contributed by atoms with E-state index in [1.165, 1.54) is 17.5 Å². The molecule has 0 atom stereocenters. The molecule has 2 rings (SSSR count). The molecule has 0 aliphatic carbocycles. The molecule has 0 radical (unpaired) electrons. The van der Waals surface area contributed by atoms with Crippen molar-refractivity contribution in [2.45, 2.75) is 6.92 Å². The molecule has 1 aromatic carbocycles. The molecule has 1 amide bonds. The van der Waals surface area contributed by atoms with Crippen molar-refractivity contribution in [1.82, 2.24) is 4.98 Å². The number of thiazole rings is 1. The van der Waals surface area contributed by atoms with Gasteiger partial charge in [-0.15, -0.1) is 11.3 Å². The number of rotatable bonds is 2. The molecule has 0 saturated heterocycles. The Balaban J connectivity index is 2.17. The van der Waals surface area contributed by atoms with Gasteiger partial charge < -0.3 is 5.32 Å². The molecule has 1 aromatic heterocycles. The fourth-order valence-electron chi connectivity index (χ4n) is 1.34. The largest absolute Gasteiger partial charge is 0.321 e. The van der Waals surface area contributed by atoms with E-state index in [1.807, 2.05) is 13.0 Å². The summed E-state index contributed by atoms with van der Waals surface area (Å²) < 4.78 is 0. The quantitative estimate of drug-likeness (QED) is 0.916. The van der Waals surface area contributed by atoms with E-state index in [1.54, 1.807) is 18.2 Å². The molecule has 0 fully saturated rings. The van der Waals surface area contributed by atoms with Crippen molar-refractivity contribution in [3.63, 3.8) is 0 Å². The highest BCUT2D eigenvalue weighted by Crippen LogP contribution is 2.21. The maximum atomic E-state index is 11.8. The first kappa shape index (κ1) is 12.6. The molecular weight excluding hydrogens is 270 g/mol. The van der Waals surface area contributed by atoms with Crippen molar-refractivity contribution in [1.29, 1.82) is 5.26 Å². The highest BCUT2D eigenvalue weighted by atomic mass is 35.5. The fourth-order valence-corrected chi connectivity index (χ4v) is 2.24. The summed E-state index contributed by atoms with van der Waals surface area (Å²) >= 11 is 7.20. The predicted octanol–water partition coefficient (Wildman–Crippen LogP) is 3.23. The molecule has 4 nitrogen and oxygen atoms in total. The van der Waals surface area contributed by atoms with Crippen LogP contribution in [0.15, 0.2) is 24.4 Å². The third-order valence-corrected chi connectivity index (χ3v) is 3.42. The van der Waals surface area contributed by atoms with Gasteiger partial charge in [-0.05, 0) is 25.1 Å². The van der Waals surface area contributed by atoms with Gasteiger partial charge >= 0.3 is 0 Å². The Bertz CT molecular complexity index is 645. The minimum absolute atomic E-state index is 0.235. The SMILES string of the molecule is Cc1ncc(C(=O)Nc2ccc(C#N)c(Cl)c2)s1. The maximum absolute atomic E-state index is 11.8. The zero-order valence-corrected chi connectivity index (χ0v) is 11.0. The van der Waals surface area contributed by atoms with Crippen LogP contribution in [0, 0.1) is 18.3 Å². The number of aromatic nitrogens is 1. The Hall–Kier alpha value is -1.90. The lowest BCUT2D eigenvalue weighted by atomic mass is 10.2. The van der Waals surface area contributed by atoms with E-state index in [4.69, 9.17) is 16.9 Å². The number of amides is 1. The van der Waals surface area contributed by atoms with E-state index in [0.29, 0.717) is 21.2 Å². The minimum atomic E-state index is -0.235. The molecule has 0 unspecified atom stereocenters. The highest BCUT2D eigenvalue weighted by Gasteiger charge is 2.10. The molecule has 1 heterocycles. The van der Waals surface area contributed by atoms with E-state index in [2.05, 4.69) is 10.3 Å². The Labute approximate surface area is 113 Å². The van der Waals surface area contributed by atoms with Crippen LogP contribution in [0.5, 0.6) is 0 Å². The van der Waals surface area contributed by atoms with Gasteiger partial charge in [-0.3, -0.25) is 4.79 Å². The van der Waals surface area contributed by atoms with Gasteiger partial charge in [0.15, 0.2) is 0 Å². The number of carbonyl (C=O) groups excluding carboxylic acids is 1. The van der Waals surface area contributed by atoms with E-state index in [9.17, 15) is 4.79 Å². The molecule has 1 N–H and O–H groups in total. The van der Waals surface area contributed by atoms with Crippen LogP contribution in [-0.4, -0.2) is 10.9 Å². The number of nitrogens with one attached hydrogen (secondary N) is 1. The second-order valence-electron chi connectivity index (χ2n) is 3.50. The second-order valence-corrected chi connectivity index (χ2v) is 5.15. The first-order valence-electron chi connectivity index (χ1n) is 5.03. The number of benzene rings is 1. The smallest absolute Gasteiger partial charge is 0.267 e. The topological polar surface area (TPSA) is 65.8 Å². The van der Waals surface area contributed by atoms with Gasteiger partial charge in [0, 0.05) is 5.69 Å². The average molecular weight is 278 g/mol. The number of hydrogen-bond donors (Lipinski definition) is 1.